The molecule has 0 bridgehead atoms. The average Bonchev–Trinajstić information content (AvgIpc) is 1.91. The SMILES string of the molecule is Cc1ccccc1.[Br][Cu][Br]. The van der Waals surface area contributed by atoms with Gasteiger partial charge in [0.1, 0.15) is 0 Å². The summed E-state index contributed by atoms with van der Waals surface area (Å²) in [6.07, 6.45) is 0. The number of benzene rings is 1. The Morgan fingerprint density at radius 1 is 1.10 bits per heavy atom. The zero-order valence-corrected chi connectivity index (χ0v) is 9.56. The molecule has 0 fully saturated rings. The van der Waals surface area contributed by atoms with E-state index < -0.39 is 0 Å². The molecule has 0 aromatic heterocycles. The molecule has 0 heterocycles. The second-order valence-electron chi connectivity index (χ2n) is 1.70. The molecular formula is C7H8Br2Cu. The van der Waals surface area contributed by atoms with Crippen LogP contribution in [0.2, 0.25) is 0 Å². The average molecular weight is 315 g/mol. The molecule has 1 aromatic carbocycles. The molecule has 0 N–H and O–H groups in total. The molecule has 0 aliphatic rings. The summed E-state index contributed by atoms with van der Waals surface area (Å²) in [6.45, 7) is 2.08. The van der Waals surface area contributed by atoms with Crippen LogP contribution in [0.5, 0.6) is 0 Å². The van der Waals surface area contributed by atoms with Crippen LogP contribution in [0, 0.1) is 6.92 Å². The van der Waals surface area contributed by atoms with Crippen molar-refractivity contribution >= 4 is 28.2 Å². The fourth-order valence-electron chi connectivity index (χ4n) is 0.534. The fraction of sp³-hybridized carbons (Fsp3) is 0.143. The summed E-state index contributed by atoms with van der Waals surface area (Å²) < 4.78 is 0. The van der Waals surface area contributed by atoms with Gasteiger partial charge in [0.25, 0.3) is 0 Å². The first-order valence-corrected chi connectivity index (χ1v) is 7.29. The number of halogens is 2. The van der Waals surface area contributed by atoms with E-state index in [1.807, 2.05) is 18.2 Å². The van der Waals surface area contributed by atoms with Crippen molar-refractivity contribution in [2.24, 2.45) is 0 Å². The van der Waals surface area contributed by atoms with E-state index in [1.54, 1.807) is 0 Å². The Hall–Kier alpha value is 0.699. The maximum atomic E-state index is 2.97. The summed E-state index contributed by atoms with van der Waals surface area (Å²) >= 11 is 7.38. The Morgan fingerprint density at radius 3 is 1.70 bits per heavy atom. The molecule has 0 nitrogen and oxygen atoms in total. The van der Waals surface area contributed by atoms with Gasteiger partial charge in [0, 0.05) is 0 Å². The van der Waals surface area contributed by atoms with Crippen LogP contribution in [0.25, 0.3) is 0 Å². The fourth-order valence-corrected chi connectivity index (χ4v) is 0.534. The number of aryl methyl sites for hydroxylation is 1. The van der Waals surface area contributed by atoms with E-state index in [2.05, 4.69) is 47.3 Å². The maximum absolute atomic E-state index is 2.97. The molecule has 0 atom stereocenters. The van der Waals surface area contributed by atoms with E-state index in [4.69, 9.17) is 0 Å². The van der Waals surface area contributed by atoms with E-state index in [9.17, 15) is 0 Å². The molecule has 0 spiro atoms. The summed E-state index contributed by atoms with van der Waals surface area (Å²) in [5.74, 6) is 0. The molecular weight excluding hydrogens is 307 g/mol. The van der Waals surface area contributed by atoms with Crippen molar-refractivity contribution in [2.45, 2.75) is 6.92 Å². The van der Waals surface area contributed by atoms with Gasteiger partial charge in [-0.2, -0.15) is 0 Å². The van der Waals surface area contributed by atoms with Gasteiger partial charge in [-0.3, -0.25) is 0 Å². The third-order valence-electron chi connectivity index (χ3n) is 0.940. The van der Waals surface area contributed by atoms with Crippen molar-refractivity contribution in [3.8, 4) is 0 Å². The van der Waals surface area contributed by atoms with Crippen molar-refractivity contribution in [1.82, 2.24) is 0 Å². The van der Waals surface area contributed by atoms with Crippen LogP contribution in [-0.2, 0) is 11.3 Å². The van der Waals surface area contributed by atoms with Crippen molar-refractivity contribution in [1.29, 1.82) is 0 Å². The van der Waals surface area contributed by atoms with Crippen molar-refractivity contribution in [3.05, 3.63) is 35.9 Å². The second kappa shape index (κ2) is 7.80. The summed E-state index contributed by atoms with van der Waals surface area (Å²) in [5.41, 5.74) is 1.32. The Kier molecular flexibility index (Phi) is 8.35. The third kappa shape index (κ3) is 6.81. The second-order valence-corrected chi connectivity index (χ2v) is 6.45. The minimum absolute atomic E-state index is 1.32. The molecule has 0 saturated heterocycles. The van der Waals surface area contributed by atoms with Gasteiger partial charge in [0.05, 0.1) is 0 Å². The monoisotopic (exact) mass is 313 g/mol. The number of hydrogen-bond donors (Lipinski definition) is 0. The summed E-state index contributed by atoms with van der Waals surface area (Å²) in [4.78, 5) is 0. The molecule has 61 valence electrons. The standard InChI is InChI=1S/C7H8.2BrH.Cu/c1-7-5-3-2-4-6-7;;;/h2-6H,1H3;2*1H;/q;;;+2/p-2. The molecule has 0 aliphatic heterocycles. The van der Waals surface area contributed by atoms with Gasteiger partial charge in [-0.25, -0.2) is 0 Å². The van der Waals surface area contributed by atoms with Gasteiger partial charge in [-0.05, 0) is 6.92 Å². The van der Waals surface area contributed by atoms with E-state index in [-0.39, 0.29) is 0 Å². The van der Waals surface area contributed by atoms with Crippen LogP contribution in [0.4, 0.5) is 0 Å². The molecule has 0 saturated carbocycles. The normalized spacial score (nSPS) is 8.30. The van der Waals surface area contributed by atoms with Crippen LogP contribution < -0.4 is 0 Å². The van der Waals surface area contributed by atoms with Gasteiger partial charge in [0.2, 0.25) is 0 Å². The zero-order chi connectivity index (χ0) is 7.82. The summed E-state index contributed by atoms with van der Waals surface area (Å²) in [5, 5.41) is 0. The van der Waals surface area contributed by atoms with E-state index in [0.29, 0.717) is 0 Å². The molecule has 0 aliphatic carbocycles. The van der Waals surface area contributed by atoms with Gasteiger partial charge in [0.15, 0.2) is 0 Å². The van der Waals surface area contributed by atoms with Gasteiger partial charge < -0.3 is 0 Å². The Bertz CT molecular complexity index is 153. The molecule has 3 heteroatoms. The Balaban J connectivity index is 0.000000236. The zero-order valence-electron chi connectivity index (χ0n) is 5.44. The first kappa shape index (κ1) is 10.7. The quantitative estimate of drug-likeness (QED) is 0.641. The molecule has 10 heavy (non-hydrogen) atoms. The van der Waals surface area contributed by atoms with Crippen LogP contribution in [0.3, 0.4) is 0 Å². The van der Waals surface area contributed by atoms with Crippen LogP contribution in [-0.4, -0.2) is 0 Å². The molecule has 1 aromatic rings. The first-order chi connectivity index (χ1) is 4.81. The van der Waals surface area contributed by atoms with E-state index >= 15 is 0 Å². The number of hydrogen-bond acceptors (Lipinski definition) is 0. The Labute approximate surface area is 81.9 Å². The van der Waals surface area contributed by atoms with Crippen LogP contribution in [0.1, 0.15) is 5.56 Å². The van der Waals surface area contributed by atoms with E-state index in [0.717, 1.165) is 0 Å². The molecule has 0 unspecified atom stereocenters. The van der Waals surface area contributed by atoms with Gasteiger partial charge >= 0.3 is 39.6 Å². The minimum atomic E-state index is 1.32. The number of rotatable bonds is 0. The van der Waals surface area contributed by atoms with Crippen molar-refractivity contribution < 1.29 is 11.3 Å². The molecule has 0 amide bonds. The Morgan fingerprint density at radius 2 is 1.50 bits per heavy atom. The van der Waals surface area contributed by atoms with Gasteiger partial charge in [-0.1, -0.05) is 35.9 Å². The van der Waals surface area contributed by atoms with Crippen LogP contribution >= 0.6 is 28.2 Å². The molecule has 1 rings (SSSR count). The van der Waals surface area contributed by atoms with Gasteiger partial charge in [-0.15, -0.1) is 0 Å². The van der Waals surface area contributed by atoms with E-state index in [1.165, 1.54) is 16.9 Å². The topological polar surface area (TPSA) is 0 Å². The van der Waals surface area contributed by atoms with Crippen molar-refractivity contribution in [3.63, 3.8) is 0 Å². The van der Waals surface area contributed by atoms with Crippen molar-refractivity contribution in [2.75, 3.05) is 0 Å². The molecule has 0 radical (unpaired) electrons. The first-order valence-electron chi connectivity index (χ1n) is 2.64. The summed E-state index contributed by atoms with van der Waals surface area (Å²) in [7, 11) is 0. The summed E-state index contributed by atoms with van der Waals surface area (Å²) in [6, 6.07) is 10.3. The predicted molar refractivity (Wildman–Crippen MR) is 49.0 cm³/mol. The van der Waals surface area contributed by atoms with Crippen LogP contribution in [0.15, 0.2) is 30.3 Å². The third-order valence-corrected chi connectivity index (χ3v) is 0.940. The predicted octanol–water partition coefficient (Wildman–Crippen LogP) is 3.68.